The molecular weight excluding hydrogens is 375 g/mol. The quantitative estimate of drug-likeness (QED) is 0.633. The molecule has 1 heterocycles. The van der Waals surface area contributed by atoms with Gasteiger partial charge in [-0.1, -0.05) is 18.2 Å². The minimum Gasteiger partial charge on any atom is -0.489 e. The van der Waals surface area contributed by atoms with Crippen LogP contribution in [0.25, 0.3) is 0 Å². The van der Waals surface area contributed by atoms with Crippen LogP contribution in [0.1, 0.15) is 27.4 Å². The molecule has 2 aromatic carbocycles. The minimum atomic E-state index is -0.369. The van der Waals surface area contributed by atoms with Gasteiger partial charge in [0.05, 0.1) is 12.1 Å². The summed E-state index contributed by atoms with van der Waals surface area (Å²) in [7, 11) is 0. The van der Waals surface area contributed by atoms with E-state index in [2.05, 4.69) is 10.6 Å². The summed E-state index contributed by atoms with van der Waals surface area (Å²) in [6.07, 6.45) is 0. The standard InChI is InChI=1S/C22H21FN2O4/c1-14-9-20(15(2)29-14)22(27)24-12-21(26)25-18-7-3-5-16(10-18)13-28-19-8-4-6-17(23)11-19/h3-11H,12-13H2,1-2H3,(H,24,27)(H,25,26). The van der Waals surface area contributed by atoms with Crippen LogP contribution in [0.2, 0.25) is 0 Å². The summed E-state index contributed by atoms with van der Waals surface area (Å²) in [6.45, 7) is 3.50. The van der Waals surface area contributed by atoms with Crippen LogP contribution in [0.4, 0.5) is 10.1 Å². The Morgan fingerprint density at radius 2 is 1.86 bits per heavy atom. The largest absolute Gasteiger partial charge is 0.489 e. The van der Waals surface area contributed by atoms with Crippen molar-refractivity contribution in [3.05, 3.63) is 83.1 Å². The maximum atomic E-state index is 13.2. The third-order valence-electron chi connectivity index (χ3n) is 4.11. The molecule has 3 aromatic rings. The molecule has 0 atom stereocenters. The number of amides is 2. The molecule has 0 aliphatic carbocycles. The van der Waals surface area contributed by atoms with Gasteiger partial charge in [0.2, 0.25) is 5.91 Å². The molecule has 2 N–H and O–H groups in total. The molecule has 2 amide bonds. The Kier molecular flexibility index (Phi) is 6.29. The molecule has 150 valence electrons. The highest BCUT2D eigenvalue weighted by Gasteiger charge is 2.14. The highest BCUT2D eigenvalue weighted by molar-refractivity contribution is 5.99. The van der Waals surface area contributed by atoms with Crippen LogP contribution in [0, 0.1) is 19.7 Å². The zero-order chi connectivity index (χ0) is 20.8. The van der Waals surface area contributed by atoms with Crippen molar-refractivity contribution < 1.29 is 23.1 Å². The highest BCUT2D eigenvalue weighted by Crippen LogP contribution is 2.16. The summed E-state index contributed by atoms with van der Waals surface area (Å²) in [5, 5.41) is 5.29. The maximum absolute atomic E-state index is 13.2. The number of hydrogen-bond acceptors (Lipinski definition) is 4. The van der Waals surface area contributed by atoms with Crippen molar-refractivity contribution in [2.75, 3.05) is 11.9 Å². The van der Waals surface area contributed by atoms with E-state index in [4.69, 9.17) is 9.15 Å². The molecule has 3 rings (SSSR count). The van der Waals surface area contributed by atoms with Crippen LogP contribution in [-0.4, -0.2) is 18.4 Å². The first-order valence-electron chi connectivity index (χ1n) is 9.03. The lowest BCUT2D eigenvalue weighted by Crippen LogP contribution is -2.33. The van der Waals surface area contributed by atoms with Gasteiger partial charge in [0.1, 0.15) is 29.7 Å². The number of furan rings is 1. The van der Waals surface area contributed by atoms with E-state index in [0.717, 1.165) is 5.56 Å². The van der Waals surface area contributed by atoms with Crippen molar-refractivity contribution in [3.8, 4) is 5.75 Å². The number of benzene rings is 2. The first kappa shape index (κ1) is 20.1. The van der Waals surface area contributed by atoms with Crippen molar-refractivity contribution in [1.82, 2.24) is 5.32 Å². The molecule has 0 spiro atoms. The minimum absolute atomic E-state index is 0.174. The number of carbonyl (C=O) groups excluding carboxylic acids is 2. The highest BCUT2D eigenvalue weighted by atomic mass is 19.1. The fourth-order valence-electron chi connectivity index (χ4n) is 2.78. The Hall–Kier alpha value is -3.61. The van der Waals surface area contributed by atoms with Gasteiger partial charge in [-0.15, -0.1) is 0 Å². The van der Waals surface area contributed by atoms with Crippen LogP contribution in [0.15, 0.2) is 59.0 Å². The van der Waals surface area contributed by atoms with Crippen LogP contribution >= 0.6 is 0 Å². The van der Waals surface area contributed by atoms with Crippen LogP contribution < -0.4 is 15.4 Å². The topological polar surface area (TPSA) is 80.6 Å². The second-order valence-electron chi connectivity index (χ2n) is 6.50. The van der Waals surface area contributed by atoms with E-state index in [9.17, 15) is 14.0 Å². The van der Waals surface area contributed by atoms with Gasteiger partial charge in [0.25, 0.3) is 5.91 Å². The van der Waals surface area contributed by atoms with Crippen LogP contribution in [0.3, 0.4) is 0 Å². The molecule has 1 aromatic heterocycles. The normalized spacial score (nSPS) is 10.4. The smallest absolute Gasteiger partial charge is 0.255 e. The molecule has 0 saturated carbocycles. The Morgan fingerprint density at radius 1 is 1.07 bits per heavy atom. The van der Waals surface area contributed by atoms with Gasteiger partial charge < -0.3 is 19.8 Å². The second-order valence-corrected chi connectivity index (χ2v) is 6.50. The molecule has 29 heavy (non-hydrogen) atoms. The third-order valence-corrected chi connectivity index (χ3v) is 4.11. The van der Waals surface area contributed by atoms with E-state index < -0.39 is 0 Å². The zero-order valence-corrected chi connectivity index (χ0v) is 16.1. The molecule has 0 aliphatic rings. The van der Waals surface area contributed by atoms with E-state index in [1.165, 1.54) is 12.1 Å². The lowest BCUT2D eigenvalue weighted by molar-refractivity contribution is -0.115. The molecule has 0 saturated heterocycles. The predicted octanol–water partition coefficient (Wildman–Crippen LogP) is 3.98. The average Bonchev–Trinajstić information content (AvgIpc) is 3.03. The Labute approximate surface area is 167 Å². The van der Waals surface area contributed by atoms with Crippen molar-refractivity contribution in [3.63, 3.8) is 0 Å². The number of carbonyl (C=O) groups is 2. The van der Waals surface area contributed by atoms with Gasteiger partial charge >= 0.3 is 0 Å². The number of halogens is 1. The van der Waals surface area contributed by atoms with E-state index in [-0.39, 0.29) is 30.8 Å². The van der Waals surface area contributed by atoms with E-state index in [0.29, 0.717) is 28.5 Å². The summed E-state index contributed by atoms with van der Waals surface area (Å²) >= 11 is 0. The zero-order valence-electron chi connectivity index (χ0n) is 16.1. The Morgan fingerprint density at radius 3 is 2.59 bits per heavy atom. The molecule has 0 aliphatic heterocycles. The number of ether oxygens (including phenoxy) is 1. The van der Waals surface area contributed by atoms with Crippen molar-refractivity contribution in [1.29, 1.82) is 0 Å². The van der Waals surface area contributed by atoms with Gasteiger partial charge in [-0.2, -0.15) is 0 Å². The lowest BCUT2D eigenvalue weighted by Gasteiger charge is -2.10. The first-order chi connectivity index (χ1) is 13.9. The molecular formula is C22H21FN2O4. The van der Waals surface area contributed by atoms with Gasteiger partial charge in [0.15, 0.2) is 0 Å². The van der Waals surface area contributed by atoms with Gasteiger partial charge in [-0.25, -0.2) is 4.39 Å². The Bertz CT molecular complexity index is 1030. The number of anilines is 1. The molecule has 0 unspecified atom stereocenters. The van der Waals surface area contributed by atoms with Gasteiger partial charge in [-0.05, 0) is 49.7 Å². The molecule has 0 bridgehead atoms. The molecule has 7 heteroatoms. The number of nitrogens with one attached hydrogen (secondary N) is 2. The van der Waals surface area contributed by atoms with Crippen LogP contribution in [0.5, 0.6) is 5.75 Å². The fraction of sp³-hybridized carbons (Fsp3) is 0.182. The van der Waals surface area contributed by atoms with Crippen molar-refractivity contribution in [2.45, 2.75) is 20.5 Å². The first-order valence-corrected chi connectivity index (χ1v) is 9.03. The number of aryl methyl sites for hydroxylation is 2. The van der Waals surface area contributed by atoms with Crippen LogP contribution in [-0.2, 0) is 11.4 Å². The summed E-state index contributed by atoms with van der Waals surface area (Å²) < 4.78 is 24.1. The van der Waals surface area contributed by atoms with E-state index >= 15 is 0 Å². The molecule has 0 radical (unpaired) electrons. The summed E-state index contributed by atoms with van der Waals surface area (Å²) in [4.78, 5) is 24.3. The average molecular weight is 396 g/mol. The van der Waals surface area contributed by atoms with Gasteiger partial charge in [-0.3, -0.25) is 9.59 Å². The Balaban J connectivity index is 1.52. The lowest BCUT2D eigenvalue weighted by atomic mass is 10.2. The van der Waals surface area contributed by atoms with E-state index in [1.807, 2.05) is 6.07 Å². The summed E-state index contributed by atoms with van der Waals surface area (Å²) in [5.41, 5.74) is 1.78. The molecule has 6 nitrogen and oxygen atoms in total. The predicted molar refractivity (Wildman–Crippen MR) is 106 cm³/mol. The number of rotatable bonds is 7. The summed E-state index contributed by atoms with van der Waals surface area (Å²) in [5.74, 6) is 0.463. The number of hydrogen-bond donors (Lipinski definition) is 2. The van der Waals surface area contributed by atoms with Gasteiger partial charge in [0, 0.05) is 11.8 Å². The second kappa shape index (κ2) is 9.05. The fourth-order valence-corrected chi connectivity index (χ4v) is 2.78. The van der Waals surface area contributed by atoms with Crippen molar-refractivity contribution >= 4 is 17.5 Å². The summed E-state index contributed by atoms with van der Waals surface area (Å²) in [6, 6.07) is 14.6. The molecule has 0 fully saturated rings. The maximum Gasteiger partial charge on any atom is 0.255 e. The van der Waals surface area contributed by atoms with Crippen molar-refractivity contribution in [2.24, 2.45) is 0 Å². The third kappa shape index (κ3) is 5.68. The SMILES string of the molecule is Cc1cc(C(=O)NCC(=O)Nc2cccc(COc3cccc(F)c3)c2)c(C)o1. The monoisotopic (exact) mass is 396 g/mol. The van der Waals surface area contributed by atoms with E-state index in [1.54, 1.807) is 50.2 Å².